The number of nitrogens with zero attached hydrogens (tertiary/aromatic N) is 1. The van der Waals surface area contributed by atoms with Crippen molar-refractivity contribution in [1.82, 2.24) is 4.90 Å². The van der Waals surface area contributed by atoms with Crippen molar-refractivity contribution in [3.05, 3.63) is 71.8 Å². The summed E-state index contributed by atoms with van der Waals surface area (Å²) in [5, 5.41) is 9.92. The first-order valence-electron chi connectivity index (χ1n) is 17.8. The molecule has 3 aliphatic rings. The van der Waals surface area contributed by atoms with Crippen molar-refractivity contribution in [3.63, 3.8) is 0 Å². The van der Waals surface area contributed by atoms with Gasteiger partial charge in [-0.3, -0.25) is 18.7 Å². The molecule has 9 nitrogen and oxygen atoms in total. The van der Waals surface area contributed by atoms with E-state index in [0.717, 1.165) is 45.1 Å². The van der Waals surface area contributed by atoms with Crippen LogP contribution in [-0.4, -0.2) is 65.7 Å². The summed E-state index contributed by atoms with van der Waals surface area (Å²) in [6, 6.07) is 19.4. The molecular formula is C38H54NO8P. The number of aliphatic carboxylic acids is 1. The van der Waals surface area contributed by atoms with Gasteiger partial charge in [0.2, 0.25) is 19.6 Å². The number of carboxylic acid groups (broad SMARTS) is 1. The fourth-order valence-electron chi connectivity index (χ4n) is 6.71. The van der Waals surface area contributed by atoms with Gasteiger partial charge in [-0.25, -0.2) is 4.79 Å². The van der Waals surface area contributed by atoms with E-state index in [1.165, 1.54) is 22.4 Å². The van der Waals surface area contributed by atoms with Gasteiger partial charge in [0.15, 0.2) is 0 Å². The Morgan fingerprint density at radius 1 is 0.958 bits per heavy atom. The third kappa shape index (κ3) is 11.9. The summed E-state index contributed by atoms with van der Waals surface area (Å²) in [4.78, 5) is 39.2. The summed E-state index contributed by atoms with van der Waals surface area (Å²) < 4.78 is 30.8. The second kappa shape index (κ2) is 18.7. The molecule has 3 fully saturated rings. The SMILES string of the molecule is CCC(=O)OC(OP(=O)(CCCCc1ccccc1)CC(=O)N1C[C@H](C2CCCCC2)C[C@H]1C(=O)O)C(C)C.c1ccc(C2CO2)cc1. The fraction of sp³-hybridized carbons (Fsp3) is 0.605. The van der Waals surface area contributed by atoms with Crippen LogP contribution in [0.3, 0.4) is 0 Å². The van der Waals surface area contributed by atoms with E-state index in [0.29, 0.717) is 31.4 Å². The molecule has 5 atom stereocenters. The van der Waals surface area contributed by atoms with Gasteiger partial charge in [-0.1, -0.05) is 114 Å². The van der Waals surface area contributed by atoms with Crippen molar-refractivity contribution in [2.24, 2.45) is 17.8 Å². The van der Waals surface area contributed by atoms with Crippen molar-refractivity contribution in [3.8, 4) is 0 Å². The smallest absolute Gasteiger partial charge is 0.326 e. The summed E-state index contributed by atoms with van der Waals surface area (Å²) >= 11 is 0. The van der Waals surface area contributed by atoms with E-state index >= 15 is 0 Å². The van der Waals surface area contributed by atoms with E-state index in [1.54, 1.807) is 6.92 Å². The van der Waals surface area contributed by atoms with Crippen LogP contribution < -0.4 is 0 Å². The summed E-state index contributed by atoms with van der Waals surface area (Å²) in [7, 11) is -3.60. The van der Waals surface area contributed by atoms with Gasteiger partial charge in [0.05, 0.1) is 6.61 Å². The zero-order chi connectivity index (χ0) is 34.5. The number of ether oxygens (including phenoxy) is 2. The van der Waals surface area contributed by atoms with E-state index < -0.39 is 37.5 Å². The van der Waals surface area contributed by atoms with E-state index in [1.807, 2.05) is 62.4 Å². The molecule has 1 N–H and O–H groups in total. The van der Waals surface area contributed by atoms with Gasteiger partial charge in [0.1, 0.15) is 18.3 Å². The highest BCUT2D eigenvalue weighted by Crippen LogP contribution is 2.51. The van der Waals surface area contributed by atoms with Crippen molar-refractivity contribution in [2.45, 2.75) is 103 Å². The van der Waals surface area contributed by atoms with Crippen LogP contribution in [0.4, 0.5) is 0 Å². The van der Waals surface area contributed by atoms with Crippen LogP contribution in [-0.2, 0) is 39.4 Å². The molecule has 10 heteroatoms. The number of amides is 1. The van der Waals surface area contributed by atoms with Gasteiger partial charge in [0.25, 0.3) is 0 Å². The Bertz CT molecular complexity index is 1340. The first kappa shape index (κ1) is 37.8. The monoisotopic (exact) mass is 683 g/mol. The van der Waals surface area contributed by atoms with E-state index in [4.69, 9.17) is 14.0 Å². The van der Waals surface area contributed by atoms with E-state index in [-0.39, 0.29) is 30.6 Å². The number of rotatable bonds is 15. The van der Waals surface area contributed by atoms with Gasteiger partial charge in [-0.2, -0.15) is 0 Å². The Morgan fingerprint density at radius 2 is 1.60 bits per heavy atom. The van der Waals surface area contributed by atoms with Gasteiger partial charge in [0, 0.05) is 25.0 Å². The molecule has 1 amide bonds. The summed E-state index contributed by atoms with van der Waals surface area (Å²) in [5.74, 6) is -1.61. The largest absolute Gasteiger partial charge is 0.480 e. The van der Waals surface area contributed by atoms with Crippen LogP contribution in [0.1, 0.15) is 95.8 Å². The van der Waals surface area contributed by atoms with Crippen molar-refractivity contribution in [2.75, 3.05) is 25.5 Å². The third-order valence-electron chi connectivity index (χ3n) is 9.57. The quantitative estimate of drug-likeness (QED) is 0.0662. The first-order valence-corrected chi connectivity index (χ1v) is 19.8. The highest BCUT2D eigenvalue weighted by atomic mass is 31.2. The van der Waals surface area contributed by atoms with Crippen LogP contribution >= 0.6 is 7.37 Å². The van der Waals surface area contributed by atoms with Crippen LogP contribution in [0.5, 0.6) is 0 Å². The number of hydrogen-bond donors (Lipinski definition) is 1. The minimum atomic E-state index is -3.60. The number of carbonyl (C=O) groups excluding carboxylic acids is 2. The predicted molar refractivity (Wildman–Crippen MR) is 186 cm³/mol. The molecule has 0 aromatic heterocycles. The topological polar surface area (TPSA) is 123 Å². The Kier molecular flexibility index (Phi) is 14.7. The van der Waals surface area contributed by atoms with Crippen molar-refractivity contribution < 1.29 is 38.1 Å². The molecule has 2 heterocycles. The number of esters is 1. The lowest BCUT2D eigenvalue weighted by atomic mass is 9.79. The average molecular weight is 684 g/mol. The molecule has 1 saturated carbocycles. The number of carbonyl (C=O) groups is 3. The van der Waals surface area contributed by atoms with Crippen LogP contribution in [0.2, 0.25) is 0 Å². The van der Waals surface area contributed by atoms with Crippen LogP contribution in [0.15, 0.2) is 60.7 Å². The molecule has 2 saturated heterocycles. The zero-order valence-electron chi connectivity index (χ0n) is 28.8. The molecule has 0 radical (unpaired) electrons. The van der Waals surface area contributed by atoms with Gasteiger partial charge in [-0.05, 0) is 48.6 Å². The van der Waals surface area contributed by atoms with Crippen LogP contribution in [0.25, 0.3) is 0 Å². The van der Waals surface area contributed by atoms with Crippen LogP contribution in [0, 0.1) is 17.8 Å². The lowest BCUT2D eigenvalue weighted by molar-refractivity contribution is -0.169. The minimum Gasteiger partial charge on any atom is -0.480 e. The van der Waals surface area contributed by atoms with E-state index in [9.17, 15) is 24.1 Å². The highest BCUT2D eigenvalue weighted by molar-refractivity contribution is 7.59. The number of hydrogen-bond acceptors (Lipinski definition) is 7. The molecule has 0 bridgehead atoms. The molecule has 1 aliphatic carbocycles. The fourth-order valence-corrected chi connectivity index (χ4v) is 9.01. The maximum absolute atomic E-state index is 14.2. The first-order chi connectivity index (χ1) is 23.1. The summed E-state index contributed by atoms with van der Waals surface area (Å²) in [5.41, 5.74) is 2.48. The molecule has 48 heavy (non-hydrogen) atoms. The number of carboxylic acids is 1. The Labute approximate surface area is 286 Å². The second-order valence-corrected chi connectivity index (χ2v) is 16.3. The Hall–Kier alpha value is -3.00. The normalized spacial score (nSPS) is 22.7. The van der Waals surface area contributed by atoms with Crippen molar-refractivity contribution in [1.29, 1.82) is 0 Å². The molecule has 2 aliphatic heterocycles. The summed E-state index contributed by atoms with van der Waals surface area (Å²) in [6.07, 6.45) is 7.53. The van der Waals surface area contributed by atoms with E-state index in [2.05, 4.69) is 12.1 Å². The van der Waals surface area contributed by atoms with Gasteiger partial charge in [-0.15, -0.1) is 0 Å². The summed E-state index contributed by atoms with van der Waals surface area (Å²) in [6.45, 7) is 6.58. The lowest BCUT2D eigenvalue weighted by Crippen LogP contribution is -2.42. The molecule has 5 rings (SSSR count). The second-order valence-electron chi connectivity index (χ2n) is 13.7. The highest BCUT2D eigenvalue weighted by Gasteiger charge is 2.44. The van der Waals surface area contributed by atoms with Crippen molar-refractivity contribution >= 4 is 25.2 Å². The number of aryl methyl sites for hydroxylation is 1. The molecule has 2 aromatic carbocycles. The molecular weight excluding hydrogens is 629 g/mol. The Morgan fingerprint density at radius 3 is 2.19 bits per heavy atom. The maximum Gasteiger partial charge on any atom is 0.326 e. The standard InChI is InChI=1S/C30H46NO7P.C8H8O/c1-4-28(33)37-30(22(2)3)38-39(36,18-12-11-15-23-13-7-5-8-14-23)21-27(32)31-20-25(19-26(31)29(34)35)24-16-9-6-10-17-24;1-2-4-7(5-3-1)8-6-9-8/h5,7-8,13-14,22,24-26,30H,4,6,9-12,15-21H2,1-3H3,(H,34,35);1-5,8H,6H2/t25-,26+,30?,39?;/m1./s1. The lowest BCUT2D eigenvalue weighted by Gasteiger charge is -2.30. The molecule has 0 spiro atoms. The molecule has 264 valence electrons. The third-order valence-corrected chi connectivity index (χ3v) is 11.9. The maximum atomic E-state index is 14.2. The average Bonchev–Trinajstić information content (AvgIpc) is 3.85. The van der Waals surface area contributed by atoms with Gasteiger partial charge >= 0.3 is 11.9 Å². The Balaban J connectivity index is 0.000000491. The molecule has 3 unspecified atom stereocenters. The van der Waals surface area contributed by atoms with Gasteiger partial charge < -0.3 is 19.5 Å². The minimum absolute atomic E-state index is 0.149. The number of unbranched alkanes of at least 4 members (excludes halogenated alkanes) is 1. The number of benzene rings is 2. The predicted octanol–water partition coefficient (Wildman–Crippen LogP) is 7.88. The zero-order valence-corrected chi connectivity index (χ0v) is 29.7. The number of likely N-dealkylation sites (tertiary alicyclic amines) is 1. The molecule has 2 aromatic rings. The number of epoxide rings is 1.